The highest BCUT2D eigenvalue weighted by molar-refractivity contribution is 5.94. The lowest BCUT2D eigenvalue weighted by Gasteiger charge is -2.15. The zero-order valence-corrected chi connectivity index (χ0v) is 16.8. The zero-order chi connectivity index (χ0) is 19.9. The van der Waals surface area contributed by atoms with Gasteiger partial charge in [0.2, 0.25) is 0 Å². The molecule has 5 nitrogen and oxygen atoms in total. The molecule has 1 heterocycles. The molecule has 0 saturated heterocycles. The van der Waals surface area contributed by atoms with Crippen molar-refractivity contribution in [2.75, 3.05) is 25.6 Å². The van der Waals surface area contributed by atoms with Crippen LogP contribution in [0, 0.1) is 0 Å². The predicted octanol–water partition coefficient (Wildman–Crippen LogP) is 4.82. The van der Waals surface area contributed by atoms with Crippen LogP contribution in [-0.4, -0.2) is 30.8 Å². The smallest absolute Gasteiger partial charge is 0.262 e. The number of nitrogens with zero attached hydrogens (tertiary/aromatic N) is 1. The van der Waals surface area contributed by atoms with Gasteiger partial charge in [0.25, 0.3) is 5.91 Å². The van der Waals surface area contributed by atoms with E-state index in [1.54, 1.807) is 7.11 Å². The molecule has 1 amide bonds. The van der Waals surface area contributed by atoms with Gasteiger partial charge < -0.3 is 19.4 Å². The van der Waals surface area contributed by atoms with Gasteiger partial charge in [0, 0.05) is 36.4 Å². The van der Waals surface area contributed by atoms with Crippen molar-refractivity contribution in [3.63, 3.8) is 0 Å². The molecule has 0 aliphatic heterocycles. The fourth-order valence-corrected chi connectivity index (χ4v) is 3.24. The van der Waals surface area contributed by atoms with Crippen LogP contribution in [0.3, 0.4) is 0 Å². The van der Waals surface area contributed by atoms with Gasteiger partial charge in [-0.05, 0) is 48.2 Å². The molecule has 0 bridgehead atoms. The first-order valence-electron chi connectivity index (χ1n) is 9.71. The Balaban J connectivity index is 1.62. The van der Waals surface area contributed by atoms with E-state index in [0.29, 0.717) is 12.5 Å². The number of carbonyl (C=O) groups is 1. The van der Waals surface area contributed by atoms with Crippen LogP contribution in [0.1, 0.15) is 31.7 Å². The largest absolute Gasteiger partial charge is 0.483 e. The Labute approximate surface area is 166 Å². The number of hydrogen-bond donors (Lipinski definition) is 1. The number of ether oxygens (including phenoxy) is 2. The number of hydrogen-bond acceptors (Lipinski definition) is 3. The molecule has 0 radical (unpaired) electrons. The third kappa shape index (κ3) is 4.73. The van der Waals surface area contributed by atoms with Gasteiger partial charge in [0.05, 0.1) is 6.61 Å². The lowest BCUT2D eigenvalue weighted by Crippen LogP contribution is -2.20. The Bertz CT molecular complexity index is 932. The van der Waals surface area contributed by atoms with E-state index in [1.165, 1.54) is 0 Å². The minimum Gasteiger partial charge on any atom is -0.483 e. The first-order chi connectivity index (χ1) is 13.6. The van der Waals surface area contributed by atoms with Crippen LogP contribution in [0.2, 0.25) is 0 Å². The monoisotopic (exact) mass is 380 g/mol. The van der Waals surface area contributed by atoms with Crippen LogP contribution < -0.4 is 10.1 Å². The Morgan fingerprint density at radius 2 is 2.00 bits per heavy atom. The van der Waals surface area contributed by atoms with Gasteiger partial charge in [-0.3, -0.25) is 4.79 Å². The van der Waals surface area contributed by atoms with E-state index in [1.807, 2.05) is 48.7 Å². The van der Waals surface area contributed by atoms with Crippen molar-refractivity contribution in [1.29, 1.82) is 0 Å². The minimum absolute atomic E-state index is 0.0136. The summed E-state index contributed by atoms with van der Waals surface area (Å²) in [7, 11) is 1.70. The molecular weight excluding hydrogens is 352 g/mol. The number of anilines is 1. The Morgan fingerprint density at radius 1 is 1.18 bits per heavy atom. The summed E-state index contributed by atoms with van der Waals surface area (Å²) >= 11 is 0. The number of nitrogens with one attached hydrogen (secondary N) is 1. The van der Waals surface area contributed by atoms with Crippen LogP contribution in [-0.2, 0) is 16.1 Å². The van der Waals surface area contributed by atoms with Crippen molar-refractivity contribution < 1.29 is 14.3 Å². The van der Waals surface area contributed by atoms with Crippen LogP contribution in [0.5, 0.6) is 5.75 Å². The zero-order valence-electron chi connectivity index (χ0n) is 16.8. The fourth-order valence-electron chi connectivity index (χ4n) is 3.24. The van der Waals surface area contributed by atoms with Gasteiger partial charge >= 0.3 is 0 Å². The maximum atomic E-state index is 12.4. The molecule has 28 heavy (non-hydrogen) atoms. The number of benzene rings is 2. The van der Waals surface area contributed by atoms with Gasteiger partial charge in [-0.25, -0.2) is 0 Å². The number of methoxy groups -OCH3 is 1. The number of amides is 1. The molecule has 0 spiro atoms. The minimum atomic E-state index is -0.169. The number of aromatic nitrogens is 1. The van der Waals surface area contributed by atoms with Gasteiger partial charge in [-0.15, -0.1) is 0 Å². The van der Waals surface area contributed by atoms with Crippen LogP contribution in [0.4, 0.5) is 5.69 Å². The number of carbonyl (C=O) groups excluding carboxylic acids is 1. The molecule has 1 atom stereocenters. The number of rotatable bonds is 9. The molecule has 0 saturated carbocycles. The molecule has 0 aliphatic rings. The molecular formula is C23H28N2O3. The van der Waals surface area contributed by atoms with Crippen LogP contribution >= 0.6 is 0 Å². The Kier molecular flexibility index (Phi) is 6.71. The van der Waals surface area contributed by atoms with E-state index in [4.69, 9.17) is 9.47 Å². The van der Waals surface area contributed by atoms with Crippen molar-refractivity contribution in [3.05, 3.63) is 60.3 Å². The summed E-state index contributed by atoms with van der Waals surface area (Å²) in [6.45, 7) is 5.76. The van der Waals surface area contributed by atoms with E-state index in [9.17, 15) is 4.79 Å². The van der Waals surface area contributed by atoms with Crippen molar-refractivity contribution in [2.24, 2.45) is 0 Å². The highest BCUT2D eigenvalue weighted by atomic mass is 16.5. The molecule has 1 aromatic heterocycles. The SMILES string of the molecule is CCC(C)c1ccccc1OCC(=O)Nc1ccc2c(ccn2CCOC)c1. The van der Waals surface area contributed by atoms with E-state index >= 15 is 0 Å². The first-order valence-corrected chi connectivity index (χ1v) is 9.71. The lowest BCUT2D eigenvalue weighted by atomic mass is 9.98. The molecule has 5 heteroatoms. The first kappa shape index (κ1) is 20.0. The summed E-state index contributed by atoms with van der Waals surface area (Å²) in [4.78, 5) is 12.4. The van der Waals surface area contributed by atoms with E-state index in [-0.39, 0.29) is 12.5 Å². The summed E-state index contributed by atoms with van der Waals surface area (Å²) in [5, 5.41) is 4.00. The molecule has 1 unspecified atom stereocenters. The van der Waals surface area contributed by atoms with Gasteiger partial charge in [-0.1, -0.05) is 32.0 Å². The summed E-state index contributed by atoms with van der Waals surface area (Å²) in [6, 6.07) is 15.9. The molecule has 3 aromatic rings. The van der Waals surface area contributed by atoms with Gasteiger partial charge in [-0.2, -0.15) is 0 Å². The normalized spacial score (nSPS) is 12.1. The van der Waals surface area contributed by atoms with Crippen molar-refractivity contribution in [2.45, 2.75) is 32.7 Å². The summed E-state index contributed by atoms with van der Waals surface area (Å²) in [6.07, 6.45) is 3.06. The predicted molar refractivity (Wildman–Crippen MR) is 113 cm³/mol. The molecule has 3 rings (SSSR count). The second-order valence-electron chi connectivity index (χ2n) is 6.96. The second kappa shape index (κ2) is 9.42. The third-order valence-electron chi connectivity index (χ3n) is 5.01. The van der Waals surface area contributed by atoms with E-state index < -0.39 is 0 Å². The molecule has 0 fully saturated rings. The molecule has 148 valence electrons. The fraction of sp³-hybridized carbons (Fsp3) is 0.348. The maximum Gasteiger partial charge on any atom is 0.262 e. The highest BCUT2D eigenvalue weighted by Gasteiger charge is 2.11. The van der Waals surface area contributed by atoms with E-state index in [0.717, 1.165) is 40.9 Å². The van der Waals surface area contributed by atoms with Crippen LogP contribution in [0.15, 0.2) is 54.7 Å². The van der Waals surface area contributed by atoms with Gasteiger partial charge in [0.15, 0.2) is 6.61 Å². The average Bonchev–Trinajstić information content (AvgIpc) is 3.12. The lowest BCUT2D eigenvalue weighted by molar-refractivity contribution is -0.118. The van der Waals surface area contributed by atoms with Crippen LogP contribution in [0.25, 0.3) is 10.9 Å². The Morgan fingerprint density at radius 3 is 2.79 bits per heavy atom. The second-order valence-corrected chi connectivity index (χ2v) is 6.96. The third-order valence-corrected chi connectivity index (χ3v) is 5.01. The highest BCUT2D eigenvalue weighted by Crippen LogP contribution is 2.28. The standard InChI is InChI=1S/C23H28N2O3/c1-4-17(2)20-7-5-6-8-22(20)28-16-23(26)24-19-9-10-21-18(15-19)11-12-25(21)13-14-27-3/h5-12,15,17H,4,13-14,16H2,1-3H3,(H,24,26). The number of para-hydroxylation sites is 1. The average molecular weight is 380 g/mol. The molecule has 0 aliphatic carbocycles. The summed E-state index contributed by atoms with van der Waals surface area (Å²) < 4.78 is 13.1. The molecule has 1 N–H and O–H groups in total. The maximum absolute atomic E-state index is 12.4. The van der Waals surface area contributed by atoms with Crippen molar-refractivity contribution in [1.82, 2.24) is 4.57 Å². The van der Waals surface area contributed by atoms with Crippen molar-refractivity contribution >= 4 is 22.5 Å². The molecule has 2 aromatic carbocycles. The van der Waals surface area contributed by atoms with E-state index in [2.05, 4.69) is 29.8 Å². The summed E-state index contributed by atoms with van der Waals surface area (Å²) in [5.74, 6) is 0.999. The van der Waals surface area contributed by atoms with Crippen molar-refractivity contribution in [3.8, 4) is 5.75 Å². The quantitative estimate of drug-likeness (QED) is 0.579. The van der Waals surface area contributed by atoms with Gasteiger partial charge in [0.1, 0.15) is 5.75 Å². The number of fused-ring (bicyclic) bond motifs is 1. The Hall–Kier alpha value is -2.79. The summed E-state index contributed by atoms with van der Waals surface area (Å²) in [5.41, 5.74) is 3.02. The topological polar surface area (TPSA) is 52.5 Å².